The van der Waals surface area contributed by atoms with Crippen LogP contribution in [0, 0.1) is 5.82 Å². The number of hydrogen-bond acceptors (Lipinski definition) is 4. The molecule has 7 nitrogen and oxygen atoms in total. The fourth-order valence-corrected chi connectivity index (χ4v) is 3.28. The zero-order chi connectivity index (χ0) is 20.0. The summed E-state index contributed by atoms with van der Waals surface area (Å²) in [6.07, 6.45) is 1.71. The summed E-state index contributed by atoms with van der Waals surface area (Å²) in [5.41, 5.74) is -0.264. The van der Waals surface area contributed by atoms with E-state index in [4.69, 9.17) is 0 Å². The standard InChI is InChI=1S/C20H19FN4O3/c1-23-17-14(18(26)24(2)20(23)28)9-10-16(22-17)19(27)25(13-7-8-13)11-12-5-3-4-6-15(12)21/h3-6,9-10,13H,7-8,11H2,1-2H3. The van der Waals surface area contributed by atoms with Crippen molar-refractivity contribution in [1.29, 1.82) is 0 Å². The van der Waals surface area contributed by atoms with Crippen LogP contribution in [0.2, 0.25) is 0 Å². The van der Waals surface area contributed by atoms with Gasteiger partial charge in [-0.25, -0.2) is 14.2 Å². The number of carbonyl (C=O) groups is 1. The monoisotopic (exact) mass is 382 g/mol. The highest BCUT2D eigenvalue weighted by Crippen LogP contribution is 2.30. The Kier molecular flexibility index (Phi) is 4.33. The third-order valence-electron chi connectivity index (χ3n) is 5.07. The topological polar surface area (TPSA) is 77.2 Å². The number of aryl methyl sites for hydroxylation is 1. The van der Waals surface area contributed by atoms with Gasteiger partial charge in [0.05, 0.1) is 5.39 Å². The Labute approximate surface area is 159 Å². The minimum absolute atomic E-state index is 0.0389. The van der Waals surface area contributed by atoms with Crippen molar-refractivity contribution in [3.8, 4) is 0 Å². The normalized spacial score (nSPS) is 13.7. The van der Waals surface area contributed by atoms with Gasteiger partial charge in [0.2, 0.25) is 0 Å². The quantitative estimate of drug-likeness (QED) is 0.686. The van der Waals surface area contributed by atoms with E-state index in [0.29, 0.717) is 5.56 Å². The Hall–Kier alpha value is -3.29. The molecular formula is C20H19FN4O3. The van der Waals surface area contributed by atoms with Crippen LogP contribution in [0.5, 0.6) is 0 Å². The second-order valence-corrected chi connectivity index (χ2v) is 7.03. The molecule has 144 valence electrons. The number of aromatic nitrogens is 3. The van der Waals surface area contributed by atoms with Crippen molar-refractivity contribution in [2.24, 2.45) is 14.1 Å². The molecule has 1 saturated carbocycles. The van der Waals surface area contributed by atoms with Crippen molar-refractivity contribution < 1.29 is 9.18 Å². The number of fused-ring (bicyclic) bond motifs is 1. The van der Waals surface area contributed by atoms with Crippen molar-refractivity contribution >= 4 is 16.9 Å². The lowest BCUT2D eigenvalue weighted by Gasteiger charge is -2.22. The summed E-state index contributed by atoms with van der Waals surface area (Å²) < 4.78 is 16.3. The Balaban J connectivity index is 1.75. The maximum absolute atomic E-state index is 14.1. The van der Waals surface area contributed by atoms with E-state index >= 15 is 0 Å². The molecule has 1 amide bonds. The molecule has 0 radical (unpaired) electrons. The average Bonchev–Trinajstić information content (AvgIpc) is 3.54. The second kappa shape index (κ2) is 6.70. The molecule has 0 N–H and O–H groups in total. The van der Waals surface area contributed by atoms with E-state index < -0.39 is 11.2 Å². The smallest absolute Gasteiger partial charge is 0.330 e. The summed E-state index contributed by atoms with van der Waals surface area (Å²) in [4.78, 5) is 43.5. The molecule has 8 heteroatoms. The van der Waals surface area contributed by atoms with Crippen LogP contribution < -0.4 is 11.2 Å². The van der Waals surface area contributed by atoms with Crippen LogP contribution in [0.15, 0.2) is 46.0 Å². The van der Waals surface area contributed by atoms with Gasteiger partial charge in [-0.3, -0.25) is 18.7 Å². The third kappa shape index (κ3) is 3.00. The van der Waals surface area contributed by atoms with E-state index in [9.17, 15) is 18.8 Å². The fourth-order valence-electron chi connectivity index (χ4n) is 3.28. The van der Waals surface area contributed by atoms with Gasteiger partial charge >= 0.3 is 5.69 Å². The summed E-state index contributed by atoms with van der Waals surface area (Å²) in [6.45, 7) is 0.144. The van der Waals surface area contributed by atoms with Crippen molar-refractivity contribution in [3.05, 3.63) is 74.3 Å². The number of benzene rings is 1. The van der Waals surface area contributed by atoms with E-state index in [2.05, 4.69) is 4.98 Å². The van der Waals surface area contributed by atoms with E-state index in [-0.39, 0.29) is 41.0 Å². The van der Waals surface area contributed by atoms with E-state index in [1.165, 1.54) is 36.9 Å². The molecule has 28 heavy (non-hydrogen) atoms. The van der Waals surface area contributed by atoms with Gasteiger partial charge in [-0.05, 0) is 31.0 Å². The number of nitrogens with zero attached hydrogens (tertiary/aromatic N) is 4. The number of hydrogen-bond donors (Lipinski definition) is 0. The zero-order valence-electron chi connectivity index (χ0n) is 15.6. The van der Waals surface area contributed by atoms with Gasteiger partial charge in [-0.2, -0.15) is 0 Å². The number of halogens is 1. The highest BCUT2D eigenvalue weighted by atomic mass is 19.1. The van der Waals surface area contributed by atoms with Crippen LogP contribution in [0.25, 0.3) is 11.0 Å². The lowest BCUT2D eigenvalue weighted by atomic mass is 10.2. The van der Waals surface area contributed by atoms with Gasteiger partial charge in [0.25, 0.3) is 11.5 Å². The predicted molar refractivity (Wildman–Crippen MR) is 102 cm³/mol. The van der Waals surface area contributed by atoms with Crippen LogP contribution in [-0.4, -0.2) is 31.0 Å². The molecule has 0 atom stereocenters. The molecule has 1 aliphatic rings. The van der Waals surface area contributed by atoms with Crippen LogP contribution >= 0.6 is 0 Å². The number of amides is 1. The first kappa shape index (κ1) is 18.1. The highest BCUT2D eigenvalue weighted by molar-refractivity contribution is 5.94. The summed E-state index contributed by atoms with van der Waals surface area (Å²) in [5, 5.41) is 0.258. The van der Waals surface area contributed by atoms with Gasteiger partial charge in [0.15, 0.2) is 0 Å². The number of rotatable bonds is 4. The van der Waals surface area contributed by atoms with Crippen molar-refractivity contribution in [2.45, 2.75) is 25.4 Å². The first-order chi connectivity index (χ1) is 13.4. The molecule has 2 heterocycles. The second-order valence-electron chi connectivity index (χ2n) is 7.03. The molecule has 1 aromatic carbocycles. The van der Waals surface area contributed by atoms with Crippen molar-refractivity contribution in [2.75, 3.05) is 0 Å². The summed E-state index contributed by atoms with van der Waals surface area (Å²) in [5.74, 6) is -0.709. The fraction of sp³-hybridized carbons (Fsp3) is 0.300. The minimum atomic E-state index is -0.514. The first-order valence-corrected chi connectivity index (χ1v) is 8.99. The SMILES string of the molecule is Cn1c(=O)c2ccc(C(=O)N(Cc3ccccc3F)C3CC3)nc2n(C)c1=O. The van der Waals surface area contributed by atoms with Crippen molar-refractivity contribution in [3.63, 3.8) is 0 Å². The third-order valence-corrected chi connectivity index (χ3v) is 5.07. The predicted octanol–water partition coefficient (Wildman–Crippen LogP) is 1.58. The van der Waals surface area contributed by atoms with Gasteiger partial charge in [0.1, 0.15) is 17.2 Å². The van der Waals surface area contributed by atoms with Crippen LogP contribution in [0.3, 0.4) is 0 Å². The van der Waals surface area contributed by atoms with Crippen LogP contribution in [-0.2, 0) is 20.6 Å². The molecule has 0 aliphatic heterocycles. The Bertz CT molecular complexity index is 1210. The van der Waals surface area contributed by atoms with E-state index in [0.717, 1.165) is 17.4 Å². The average molecular weight is 382 g/mol. The first-order valence-electron chi connectivity index (χ1n) is 8.99. The molecule has 0 unspecified atom stereocenters. The van der Waals surface area contributed by atoms with Gasteiger partial charge < -0.3 is 4.90 Å². The van der Waals surface area contributed by atoms with E-state index in [1.807, 2.05) is 0 Å². The van der Waals surface area contributed by atoms with Gasteiger partial charge in [-0.1, -0.05) is 18.2 Å². The molecule has 0 spiro atoms. The van der Waals surface area contributed by atoms with Crippen LogP contribution in [0.1, 0.15) is 28.9 Å². The molecule has 2 aromatic heterocycles. The molecule has 0 bridgehead atoms. The maximum atomic E-state index is 14.1. The molecule has 3 aromatic rings. The Morgan fingerprint density at radius 1 is 1.14 bits per heavy atom. The molecule has 4 rings (SSSR count). The summed E-state index contributed by atoms with van der Waals surface area (Å²) >= 11 is 0. The molecular weight excluding hydrogens is 363 g/mol. The summed E-state index contributed by atoms with van der Waals surface area (Å²) in [6, 6.07) is 9.38. The van der Waals surface area contributed by atoms with Gasteiger partial charge in [-0.15, -0.1) is 0 Å². The maximum Gasteiger partial charge on any atom is 0.332 e. The lowest BCUT2D eigenvalue weighted by Crippen LogP contribution is -2.38. The lowest BCUT2D eigenvalue weighted by molar-refractivity contribution is 0.0722. The number of carbonyl (C=O) groups excluding carboxylic acids is 1. The van der Waals surface area contributed by atoms with Crippen LogP contribution in [0.4, 0.5) is 4.39 Å². The van der Waals surface area contributed by atoms with E-state index in [1.54, 1.807) is 23.1 Å². The largest absolute Gasteiger partial charge is 0.332 e. The zero-order valence-corrected chi connectivity index (χ0v) is 15.6. The molecule has 1 fully saturated rings. The number of pyridine rings is 1. The van der Waals surface area contributed by atoms with Gasteiger partial charge in [0, 0.05) is 32.2 Å². The minimum Gasteiger partial charge on any atom is -0.330 e. The molecule has 0 saturated heterocycles. The Morgan fingerprint density at radius 3 is 2.54 bits per heavy atom. The summed E-state index contributed by atoms with van der Waals surface area (Å²) in [7, 11) is 2.90. The highest BCUT2D eigenvalue weighted by Gasteiger charge is 2.34. The molecule has 1 aliphatic carbocycles. The Morgan fingerprint density at radius 2 is 1.86 bits per heavy atom. The van der Waals surface area contributed by atoms with Crippen molar-refractivity contribution in [1.82, 2.24) is 19.0 Å².